The van der Waals surface area contributed by atoms with Crippen LogP contribution in [0.2, 0.25) is 0 Å². The highest BCUT2D eigenvalue weighted by atomic mass is 32.2. The number of hydrogen-bond donors (Lipinski definition) is 2. The number of carbonyl (C=O) groups excluding carboxylic acids is 1. The summed E-state index contributed by atoms with van der Waals surface area (Å²) >= 11 is 0. The van der Waals surface area contributed by atoms with Crippen molar-refractivity contribution < 1.29 is 13.2 Å². The molecule has 0 spiro atoms. The predicted octanol–water partition coefficient (Wildman–Crippen LogP) is 1.80. The van der Waals surface area contributed by atoms with Gasteiger partial charge in [-0.1, -0.05) is 24.3 Å². The second-order valence-corrected chi connectivity index (χ2v) is 6.63. The van der Waals surface area contributed by atoms with Crippen LogP contribution in [0.3, 0.4) is 0 Å². The molecule has 0 aliphatic heterocycles. The van der Waals surface area contributed by atoms with E-state index in [1.165, 1.54) is 12.1 Å². The van der Waals surface area contributed by atoms with E-state index in [-0.39, 0.29) is 16.4 Å². The number of hydrogen-bond acceptors (Lipinski definition) is 4. The second kappa shape index (κ2) is 6.07. The van der Waals surface area contributed by atoms with Gasteiger partial charge >= 0.3 is 0 Å². The topological polar surface area (TPSA) is 89.3 Å². The molecule has 0 aromatic heterocycles. The van der Waals surface area contributed by atoms with Gasteiger partial charge in [-0.25, -0.2) is 8.42 Å². The number of sulfone groups is 1. The lowest BCUT2D eigenvalue weighted by atomic mass is 10.1. The van der Waals surface area contributed by atoms with Crippen LogP contribution >= 0.6 is 0 Å². The summed E-state index contributed by atoms with van der Waals surface area (Å²) in [5.41, 5.74) is 7.33. The van der Waals surface area contributed by atoms with Crippen LogP contribution < -0.4 is 11.1 Å². The molecule has 0 saturated carbocycles. The highest BCUT2D eigenvalue weighted by Crippen LogP contribution is 2.17. The maximum Gasteiger partial charge on any atom is 0.255 e. The first-order chi connectivity index (χ1) is 9.91. The quantitative estimate of drug-likeness (QED) is 0.901. The first-order valence-electron chi connectivity index (χ1n) is 6.31. The third-order valence-corrected chi connectivity index (χ3v) is 4.12. The van der Waals surface area contributed by atoms with Gasteiger partial charge in [-0.2, -0.15) is 0 Å². The number of nitrogens with two attached hydrogens (primary N) is 1. The van der Waals surface area contributed by atoms with Crippen molar-refractivity contribution in [2.75, 3.05) is 11.6 Å². The van der Waals surface area contributed by atoms with E-state index in [2.05, 4.69) is 5.32 Å². The van der Waals surface area contributed by atoms with Crippen molar-refractivity contribution in [3.05, 3.63) is 59.7 Å². The van der Waals surface area contributed by atoms with Gasteiger partial charge < -0.3 is 11.1 Å². The molecule has 0 heterocycles. The highest BCUT2D eigenvalue weighted by Gasteiger charge is 2.12. The van der Waals surface area contributed by atoms with Gasteiger partial charge in [0.05, 0.1) is 4.90 Å². The average Bonchev–Trinajstić information content (AvgIpc) is 2.47. The maximum absolute atomic E-state index is 12.2. The summed E-state index contributed by atoms with van der Waals surface area (Å²) in [5, 5.41) is 2.74. The van der Waals surface area contributed by atoms with Crippen LogP contribution in [-0.4, -0.2) is 20.6 Å². The van der Waals surface area contributed by atoms with Gasteiger partial charge in [0.15, 0.2) is 9.84 Å². The van der Waals surface area contributed by atoms with Gasteiger partial charge in [0, 0.05) is 24.1 Å². The molecule has 0 radical (unpaired) electrons. The minimum Gasteiger partial charge on any atom is -0.326 e. The molecule has 2 rings (SSSR count). The summed E-state index contributed by atoms with van der Waals surface area (Å²) in [6.45, 7) is 0.305. The molecule has 0 saturated heterocycles. The molecule has 0 aliphatic carbocycles. The van der Waals surface area contributed by atoms with E-state index in [1.807, 2.05) is 12.1 Å². The van der Waals surface area contributed by atoms with Gasteiger partial charge in [0.2, 0.25) is 0 Å². The van der Waals surface area contributed by atoms with Crippen molar-refractivity contribution in [2.24, 2.45) is 5.73 Å². The fourth-order valence-corrected chi connectivity index (χ4v) is 2.55. The summed E-state index contributed by atoms with van der Waals surface area (Å²) in [4.78, 5) is 12.3. The molecule has 2 aromatic rings. The summed E-state index contributed by atoms with van der Waals surface area (Å²) in [7, 11) is -3.34. The second-order valence-electron chi connectivity index (χ2n) is 4.62. The molecule has 5 nitrogen and oxygen atoms in total. The number of benzene rings is 2. The Balaban J connectivity index is 2.29. The fourth-order valence-electron chi connectivity index (χ4n) is 1.88. The third kappa shape index (κ3) is 3.68. The normalized spacial score (nSPS) is 11.1. The largest absolute Gasteiger partial charge is 0.326 e. The van der Waals surface area contributed by atoms with Crippen LogP contribution in [0.25, 0.3) is 0 Å². The molecule has 21 heavy (non-hydrogen) atoms. The monoisotopic (exact) mass is 304 g/mol. The van der Waals surface area contributed by atoms with E-state index in [1.54, 1.807) is 24.3 Å². The van der Waals surface area contributed by atoms with Crippen molar-refractivity contribution in [3.63, 3.8) is 0 Å². The first-order valence-corrected chi connectivity index (χ1v) is 8.20. The zero-order valence-electron chi connectivity index (χ0n) is 11.5. The molecule has 110 valence electrons. The van der Waals surface area contributed by atoms with E-state index >= 15 is 0 Å². The zero-order valence-corrected chi connectivity index (χ0v) is 12.4. The summed E-state index contributed by atoms with van der Waals surface area (Å²) in [6.07, 6.45) is 1.10. The van der Waals surface area contributed by atoms with Crippen LogP contribution in [0.1, 0.15) is 15.9 Å². The molecule has 0 atom stereocenters. The molecule has 2 aromatic carbocycles. The van der Waals surface area contributed by atoms with Crippen molar-refractivity contribution >= 4 is 21.4 Å². The van der Waals surface area contributed by atoms with E-state index in [0.717, 1.165) is 11.8 Å². The van der Waals surface area contributed by atoms with Crippen molar-refractivity contribution in [1.82, 2.24) is 0 Å². The van der Waals surface area contributed by atoms with Crippen LogP contribution in [0.4, 0.5) is 5.69 Å². The van der Waals surface area contributed by atoms with E-state index in [0.29, 0.717) is 12.2 Å². The van der Waals surface area contributed by atoms with Crippen molar-refractivity contribution in [2.45, 2.75) is 11.4 Å². The van der Waals surface area contributed by atoms with Gasteiger partial charge in [-0.3, -0.25) is 4.79 Å². The van der Waals surface area contributed by atoms with Gasteiger partial charge in [-0.05, 0) is 29.8 Å². The van der Waals surface area contributed by atoms with Gasteiger partial charge in [-0.15, -0.1) is 0 Å². The number of amides is 1. The Kier molecular flexibility index (Phi) is 4.40. The Morgan fingerprint density at radius 3 is 2.52 bits per heavy atom. The number of rotatable bonds is 4. The maximum atomic E-state index is 12.2. The van der Waals surface area contributed by atoms with E-state index < -0.39 is 9.84 Å². The number of para-hydroxylation sites is 1. The molecule has 0 fully saturated rings. The molecule has 3 N–H and O–H groups in total. The minimum atomic E-state index is -3.34. The van der Waals surface area contributed by atoms with Crippen LogP contribution in [0, 0.1) is 0 Å². The number of carbonyl (C=O) groups is 1. The van der Waals surface area contributed by atoms with Crippen molar-refractivity contribution in [3.8, 4) is 0 Å². The summed E-state index contributed by atoms with van der Waals surface area (Å²) in [5.74, 6) is -0.374. The molecule has 0 aliphatic rings. The molecule has 0 bridgehead atoms. The minimum absolute atomic E-state index is 0.113. The van der Waals surface area contributed by atoms with E-state index in [4.69, 9.17) is 5.73 Å². The SMILES string of the molecule is CS(=O)(=O)c1cccc(C(=O)Nc2ccccc2CN)c1. The summed E-state index contributed by atoms with van der Waals surface area (Å²) < 4.78 is 23.0. The average molecular weight is 304 g/mol. The molecule has 6 heteroatoms. The Morgan fingerprint density at radius 2 is 1.86 bits per heavy atom. The van der Waals surface area contributed by atoms with Crippen LogP contribution in [-0.2, 0) is 16.4 Å². The van der Waals surface area contributed by atoms with Gasteiger partial charge in [0.25, 0.3) is 5.91 Å². The first kappa shape index (κ1) is 15.2. The molecular weight excluding hydrogens is 288 g/mol. The molecule has 1 amide bonds. The molecule has 0 unspecified atom stereocenters. The summed E-state index contributed by atoms with van der Waals surface area (Å²) in [6, 6.07) is 13.1. The number of nitrogens with one attached hydrogen (secondary N) is 1. The highest BCUT2D eigenvalue weighted by molar-refractivity contribution is 7.90. The van der Waals surface area contributed by atoms with E-state index in [9.17, 15) is 13.2 Å². The number of anilines is 1. The predicted molar refractivity (Wildman–Crippen MR) is 81.8 cm³/mol. The smallest absolute Gasteiger partial charge is 0.255 e. The Bertz CT molecular complexity index is 770. The Hall–Kier alpha value is -2.18. The van der Waals surface area contributed by atoms with Crippen LogP contribution in [0.15, 0.2) is 53.4 Å². The van der Waals surface area contributed by atoms with Crippen LogP contribution in [0.5, 0.6) is 0 Å². The zero-order chi connectivity index (χ0) is 15.5. The Labute approximate surface area is 123 Å². The van der Waals surface area contributed by atoms with Crippen molar-refractivity contribution in [1.29, 1.82) is 0 Å². The lowest BCUT2D eigenvalue weighted by Gasteiger charge is -2.10. The lowest BCUT2D eigenvalue weighted by Crippen LogP contribution is -2.14. The lowest BCUT2D eigenvalue weighted by molar-refractivity contribution is 0.102. The third-order valence-electron chi connectivity index (χ3n) is 3.01. The standard InChI is InChI=1S/C15H16N2O3S/c1-21(19,20)13-7-4-6-11(9-13)15(18)17-14-8-3-2-5-12(14)10-16/h2-9H,10,16H2,1H3,(H,17,18). The molecular formula is C15H16N2O3S. The fraction of sp³-hybridized carbons (Fsp3) is 0.133. The van der Waals surface area contributed by atoms with Gasteiger partial charge in [0.1, 0.15) is 0 Å². The Morgan fingerprint density at radius 1 is 1.14 bits per heavy atom.